The lowest BCUT2D eigenvalue weighted by molar-refractivity contribution is 0.405. The van der Waals surface area contributed by atoms with Gasteiger partial charge in [-0.15, -0.1) is 0 Å². The molecular formula is C16H22ClN5O. The minimum absolute atomic E-state index is 0.629. The topological polar surface area (TPSA) is 62.3 Å². The summed E-state index contributed by atoms with van der Waals surface area (Å²) in [5.41, 5.74) is 0.761. The molecule has 0 spiro atoms. The number of ether oxygens (including phenoxy) is 1. The molecule has 1 aromatic heterocycles. The Morgan fingerprint density at radius 2 is 1.96 bits per heavy atom. The molecule has 0 aliphatic heterocycles. The minimum Gasteiger partial charge on any atom is -0.495 e. The molecule has 1 heterocycles. The van der Waals surface area contributed by atoms with Crippen LogP contribution in [0.2, 0.25) is 5.02 Å². The summed E-state index contributed by atoms with van der Waals surface area (Å²) >= 11 is 6.04. The zero-order valence-corrected chi connectivity index (χ0v) is 14.4. The predicted molar refractivity (Wildman–Crippen MR) is 95.0 cm³/mol. The number of nitrogens with zero attached hydrogens (tertiary/aromatic N) is 3. The van der Waals surface area contributed by atoms with Crippen molar-refractivity contribution in [2.45, 2.75) is 6.42 Å². The molecule has 23 heavy (non-hydrogen) atoms. The second-order valence-electron chi connectivity index (χ2n) is 5.34. The summed E-state index contributed by atoms with van der Waals surface area (Å²) in [4.78, 5) is 10.6. The second-order valence-corrected chi connectivity index (χ2v) is 5.78. The Morgan fingerprint density at radius 1 is 1.17 bits per heavy atom. The number of halogens is 1. The summed E-state index contributed by atoms with van der Waals surface area (Å²) in [6, 6.07) is 7.25. The van der Waals surface area contributed by atoms with E-state index in [4.69, 9.17) is 16.3 Å². The Hall–Kier alpha value is -2.05. The van der Waals surface area contributed by atoms with E-state index < -0.39 is 0 Å². The van der Waals surface area contributed by atoms with Gasteiger partial charge in [0.05, 0.1) is 12.8 Å². The molecule has 124 valence electrons. The van der Waals surface area contributed by atoms with Gasteiger partial charge in [0.25, 0.3) is 0 Å². The Labute approximate surface area is 141 Å². The van der Waals surface area contributed by atoms with Crippen molar-refractivity contribution < 1.29 is 4.74 Å². The third kappa shape index (κ3) is 5.58. The van der Waals surface area contributed by atoms with Crippen molar-refractivity contribution >= 4 is 28.9 Å². The standard InChI is InChI=1S/C16H22ClN5O/c1-22(2)8-4-7-18-15-10-16(20-11-19-15)21-13-9-12(17)5-6-14(13)23-3/h5-6,9-11H,4,7-8H2,1-3H3,(H2,18,19,20,21). The van der Waals surface area contributed by atoms with E-state index in [0.717, 1.165) is 31.0 Å². The van der Waals surface area contributed by atoms with Crippen LogP contribution >= 0.6 is 11.6 Å². The monoisotopic (exact) mass is 335 g/mol. The average molecular weight is 336 g/mol. The molecular weight excluding hydrogens is 314 g/mol. The first kappa shape index (κ1) is 17.3. The fourth-order valence-electron chi connectivity index (χ4n) is 2.05. The molecule has 0 saturated carbocycles. The molecule has 7 heteroatoms. The second kappa shape index (κ2) is 8.55. The first-order valence-electron chi connectivity index (χ1n) is 7.39. The Balaban J connectivity index is 2.01. The van der Waals surface area contributed by atoms with Crippen LogP contribution in [-0.4, -0.2) is 49.2 Å². The molecule has 0 aliphatic rings. The van der Waals surface area contributed by atoms with Gasteiger partial charge in [-0.05, 0) is 45.3 Å². The van der Waals surface area contributed by atoms with E-state index in [2.05, 4.69) is 39.6 Å². The summed E-state index contributed by atoms with van der Waals surface area (Å²) in [5.74, 6) is 2.16. The third-order valence-corrected chi connectivity index (χ3v) is 3.41. The Kier molecular flexibility index (Phi) is 6.43. The van der Waals surface area contributed by atoms with Crippen LogP contribution in [0.4, 0.5) is 17.3 Å². The van der Waals surface area contributed by atoms with E-state index >= 15 is 0 Å². The smallest absolute Gasteiger partial charge is 0.142 e. The van der Waals surface area contributed by atoms with Gasteiger partial charge in [0.1, 0.15) is 23.7 Å². The molecule has 0 bridgehead atoms. The number of benzene rings is 1. The van der Waals surface area contributed by atoms with E-state index in [0.29, 0.717) is 16.6 Å². The molecule has 2 N–H and O–H groups in total. The number of nitrogens with one attached hydrogen (secondary N) is 2. The largest absolute Gasteiger partial charge is 0.495 e. The summed E-state index contributed by atoms with van der Waals surface area (Å²) in [6.45, 7) is 1.89. The van der Waals surface area contributed by atoms with E-state index in [1.165, 1.54) is 6.33 Å². The average Bonchev–Trinajstić information content (AvgIpc) is 2.52. The lowest BCUT2D eigenvalue weighted by Gasteiger charge is -2.12. The molecule has 2 aromatic rings. The summed E-state index contributed by atoms with van der Waals surface area (Å²) < 4.78 is 5.32. The number of anilines is 3. The summed E-state index contributed by atoms with van der Waals surface area (Å²) in [5, 5.41) is 7.12. The molecule has 0 aliphatic carbocycles. The molecule has 0 fully saturated rings. The highest BCUT2D eigenvalue weighted by Crippen LogP contribution is 2.30. The van der Waals surface area contributed by atoms with Gasteiger partial charge in [-0.3, -0.25) is 0 Å². The van der Waals surface area contributed by atoms with Crippen LogP contribution in [0.5, 0.6) is 5.75 Å². The van der Waals surface area contributed by atoms with Gasteiger partial charge in [0.15, 0.2) is 0 Å². The quantitative estimate of drug-likeness (QED) is 0.722. The molecule has 0 unspecified atom stereocenters. The van der Waals surface area contributed by atoms with Gasteiger partial charge >= 0.3 is 0 Å². The van der Waals surface area contributed by atoms with Crippen LogP contribution in [0.15, 0.2) is 30.6 Å². The van der Waals surface area contributed by atoms with Crippen LogP contribution in [0, 0.1) is 0 Å². The van der Waals surface area contributed by atoms with Gasteiger partial charge in [0, 0.05) is 17.6 Å². The van der Waals surface area contributed by atoms with Crippen molar-refractivity contribution in [3.63, 3.8) is 0 Å². The minimum atomic E-state index is 0.629. The van der Waals surface area contributed by atoms with Gasteiger partial charge in [-0.2, -0.15) is 0 Å². The van der Waals surface area contributed by atoms with Gasteiger partial charge in [-0.25, -0.2) is 9.97 Å². The first-order valence-corrected chi connectivity index (χ1v) is 7.77. The van der Waals surface area contributed by atoms with Gasteiger partial charge in [-0.1, -0.05) is 11.6 Å². The molecule has 0 atom stereocenters. The Morgan fingerprint density at radius 3 is 2.70 bits per heavy atom. The van der Waals surface area contributed by atoms with E-state index in [-0.39, 0.29) is 0 Å². The van der Waals surface area contributed by atoms with Crippen molar-refractivity contribution in [3.8, 4) is 5.75 Å². The van der Waals surface area contributed by atoms with Crippen LogP contribution in [-0.2, 0) is 0 Å². The van der Waals surface area contributed by atoms with Crippen molar-refractivity contribution in [1.29, 1.82) is 0 Å². The SMILES string of the molecule is COc1ccc(Cl)cc1Nc1cc(NCCCN(C)C)ncn1. The highest BCUT2D eigenvalue weighted by Gasteiger charge is 2.06. The van der Waals surface area contributed by atoms with Crippen molar-refractivity contribution in [3.05, 3.63) is 35.6 Å². The number of rotatable bonds is 8. The fraction of sp³-hybridized carbons (Fsp3) is 0.375. The Bertz CT molecular complexity index is 636. The molecule has 6 nitrogen and oxygen atoms in total. The molecule has 1 aromatic carbocycles. The number of aromatic nitrogens is 2. The normalized spacial score (nSPS) is 10.7. The van der Waals surface area contributed by atoms with Crippen molar-refractivity contribution in [2.24, 2.45) is 0 Å². The van der Waals surface area contributed by atoms with E-state index in [9.17, 15) is 0 Å². The first-order chi connectivity index (χ1) is 11.1. The van der Waals surface area contributed by atoms with E-state index in [1.807, 2.05) is 12.1 Å². The molecule has 2 rings (SSSR count). The maximum Gasteiger partial charge on any atom is 0.142 e. The van der Waals surface area contributed by atoms with Gasteiger partial charge in [0.2, 0.25) is 0 Å². The maximum absolute atomic E-state index is 6.04. The summed E-state index contributed by atoms with van der Waals surface area (Å²) in [6.07, 6.45) is 2.56. The van der Waals surface area contributed by atoms with Crippen LogP contribution in [0.25, 0.3) is 0 Å². The lowest BCUT2D eigenvalue weighted by Crippen LogP contribution is -2.16. The van der Waals surface area contributed by atoms with Crippen LogP contribution in [0.3, 0.4) is 0 Å². The third-order valence-electron chi connectivity index (χ3n) is 3.18. The van der Waals surface area contributed by atoms with Gasteiger partial charge < -0.3 is 20.3 Å². The highest BCUT2D eigenvalue weighted by molar-refractivity contribution is 6.31. The number of hydrogen-bond donors (Lipinski definition) is 2. The number of methoxy groups -OCH3 is 1. The van der Waals surface area contributed by atoms with Crippen molar-refractivity contribution in [2.75, 3.05) is 44.9 Å². The lowest BCUT2D eigenvalue weighted by atomic mass is 10.3. The molecule has 0 radical (unpaired) electrons. The van der Waals surface area contributed by atoms with Crippen molar-refractivity contribution in [1.82, 2.24) is 14.9 Å². The van der Waals surface area contributed by atoms with E-state index in [1.54, 1.807) is 19.2 Å². The maximum atomic E-state index is 6.04. The number of hydrogen-bond acceptors (Lipinski definition) is 6. The fourth-order valence-corrected chi connectivity index (χ4v) is 2.22. The molecule has 0 saturated heterocycles. The predicted octanol–water partition coefficient (Wildman–Crippen LogP) is 3.25. The zero-order valence-electron chi connectivity index (χ0n) is 13.6. The zero-order chi connectivity index (χ0) is 16.7. The van der Waals surface area contributed by atoms with Crippen LogP contribution < -0.4 is 15.4 Å². The highest BCUT2D eigenvalue weighted by atomic mass is 35.5. The molecule has 0 amide bonds. The summed E-state index contributed by atoms with van der Waals surface area (Å²) in [7, 11) is 5.74. The van der Waals surface area contributed by atoms with Crippen LogP contribution in [0.1, 0.15) is 6.42 Å².